The van der Waals surface area contributed by atoms with Gasteiger partial charge >= 0.3 is 0 Å². The fraction of sp³-hybridized carbons (Fsp3) is 0.0625. The first-order chi connectivity index (χ1) is 10.2. The van der Waals surface area contributed by atoms with Crippen LogP contribution in [0.1, 0.15) is 11.3 Å². The lowest BCUT2D eigenvalue weighted by molar-refractivity contribution is 0.451. The molecule has 21 heavy (non-hydrogen) atoms. The summed E-state index contributed by atoms with van der Waals surface area (Å²) >= 11 is 7.78. The fourth-order valence-electron chi connectivity index (χ4n) is 2.57. The van der Waals surface area contributed by atoms with Crippen LogP contribution in [-0.2, 0) is 6.42 Å². The summed E-state index contributed by atoms with van der Waals surface area (Å²) in [7, 11) is 0. The number of benzene rings is 1. The Kier molecular flexibility index (Phi) is 2.87. The molecule has 1 aromatic carbocycles. The number of imidazole rings is 1. The number of hydrogen-bond donors (Lipinski definition) is 1. The predicted molar refractivity (Wildman–Crippen MR) is 86.5 cm³/mol. The monoisotopic (exact) mass is 314 g/mol. The van der Waals surface area contributed by atoms with Crippen LogP contribution < -0.4 is 0 Å². The summed E-state index contributed by atoms with van der Waals surface area (Å²) in [5.74, 6) is 0.0857. The summed E-state index contributed by atoms with van der Waals surface area (Å²) in [6, 6.07) is 11.6. The highest BCUT2D eigenvalue weighted by molar-refractivity contribution is 7.17. The molecule has 0 aliphatic rings. The summed E-state index contributed by atoms with van der Waals surface area (Å²) in [5, 5.41) is 14.1. The van der Waals surface area contributed by atoms with E-state index in [-0.39, 0.29) is 5.88 Å². The van der Waals surface area contributed by atoms with Crippen LogP contribution in [0.5, 0.6) is 5.88 Å². The number of thiophene rings is 1. The van der Waals surface area contributed by atoms with Crippen molar-refractivity contribution in [2.75, 3.05) is 0 Å². The van der Waals surface area contributed by atoms with Gasteiger partial charge in [0.05, 0.1) is 5.69 Å². The third kappa shape index (κ3) is 2.07. The van der Waals surface area contributed by atoms with E-state index in [1.807, 2.05) is 47.0 Å². The molecule has 4 rings (SSSR count). The molecule has 104 valence electrons. The van der Waals surface area contributed by atoms with Gasteiger partial charge in [-0.05, 0) is 46.7 Å². The van der Waals surface area contributed by atoms with E-state index in [1.54, 1.807) is 11.3 Å². The van der Waals surface area contributed by atoms with E-state index < -0.39 is 0 Å². The van der Waals surface area contributed by atoms with E-state index in [0.29, 0.717) is 6.42 Å². The Morgan fingerprint density at radius 1 is 1.24 bits per heavy atom. The van der Waals surface area contributed by atoms with Crippen molar-refractivity contribution >= 4 is 38.7 Å². The molecular weight excluding hydrogens is 304 g/mol. The van der Waals surface area contributed by atoms with Gasteiger partial charge in [-0.2, -0.15) is 4.98 Å². The maximum Gasteiger partial charge on any atom is 0.233 e. The lowest BCUT2D eigenvalue weighted by atomic mass is 10.1. The summed E-state index contributed by atoms with van der Waals surface area (Å²) < 4.78 is 3.12. The Hall–Kier alpha value is -2.04. The Balaban J connectivity index is 1.86. The van der Waals surface area contributed by atoms with Crippen LogP contribution in [0.2, 0.25) is 5.02 Å². The van der Waals surface area contributed by atoms with Crippen LogP contribution in [0, 0.1) is 0 Å². The van der Waals surface area contributed by atoms with Crippen LogP contribution >= 0.6 is 22.9 Å². The molecule has 1 N–H and O–H groups in total. The molecule has 5 heteroatoms. The van der Waals surface area contributed by atoms with Gasteiger partial charge in [0.25, 0.3) is 0 Å². The second kappa shape index (κ2) is 4.76. The number of halogens is 1. The highest BCUT2D eigenvalue weighted by Gasteiger charge is 2.14. The number of aromatic hydroxyl groups is 1. The van der Waals surface area contributed by atoms with E-state index in [2.05, 4.69) is 10.4 Å². The smallest absolute Gasteiger partial charge is 0.233 e. The first kappa shape index (κ1) is 12.7. The molecule has 0 saturated heterocycles. The first-order valence-corrected chi connectivity index (χ1v) is 7.79. The number of aromatic nitrogens is 2. The number of hydrogen-bond acceptors (Lipinski definition) is 3. The Labute approximate surface area is 130 Å². The van der Waals surface area contributed by atoms with Gasteiger partial charge in [0.1, 0.15) is 5.65 Å². The van der Waals surface area contributed by atoms with Crippen molar-refractivity contribution in [2.24, 2.45) is 0 Å². The van der Waals surface area contributed by atoms with E-state index in [1.165, 1.54) is 4.70 Å². The summed E-state index contributed by atoms with van der Waals surface area (Å²) in [6.07, 6.45) is 2.54. The molecule has 0 amide bonds. The maximum atomic E-state index is 10.1. The number of nitrogens with zero attached hydrogens (tertiary/aromatic N) is 2. The van der Waals surface area contributed by atoms with Gasteiger partial charge in [0, 0.05) is 22.3 Å². The van der Waals surface area contributed by atoms with Crippen LogP contribution in [0.25, 0.3) is 15.7 Å². The zero-order chi connectivity index (χ0) is 14.4. The van der Waals surface area contributed by atoms with E-state index in [9.17, 15) is 5.11 Å². The third-order valence-electron chi connectivity index (χ3n) is 3.58. The summed E-state index contributed by atoms with van der Waals surface area (Å²) in [5.41, 5.74) is 2.70. The minimum Gasteiger partial charge on any atom is -0.492 e. The van der Waals surface area contributed by atoms with Gasteiger partial charge in [-0.15, -0.1) is 11.3 Å². The highest BCUT2D eigenvalue weighted by Crippen LogP contribution is 2.31. The molecule has 0 aliphatic carbocycles. The average Bonchev–Trinajstić information content (AvgIpc) is 3.01. The van der Waals surface area contributed by atoms with E-state index in [4.69, 9.17) is 11.6 Å². The van der Waals surface area contributed by atoms with Gasteiger partial charge in [-0.1, -0.05) is 17.7 Å². The first-order valence-electron chi connectivity index (χ1n) is 6.53. The molecule has 0 atom stereocenters. The van der Waals surface area contributed by atoms with Gasteiger partial charge < -0.3 is 5.11 Å². The molecule has 0 radical (unpaired) electrons. The van der Waals surface area contributed by atoms with Crippen molar-refractivity contribution in [1.82, 2.24) is 9.38 Å². The second-order valence-electron chi connectivity index (χ2n) is 4.89. The average molecular weight is 315 g/mol. The van der Waals surface area contributed by atoms with Crippen molar-refractivity contribution in [2.45, 2.75) is 6.42 Å². The SMILES string of the molecule is Oc1nc2ccccn2c1Cc1csc2ccc(Cl)cc12. The maximum absolute atomic E-state index is 10.1. The van der Waals surface area contributed by atoms with Crippen LogP contribution in [0.3, 0.4) is 0 Å². The number of fused-ring (bicyclic) bond motifs is 2. The standard InChI is InChI=1S/C16H11ClN2OS/c17-11-4-5-14-12(8-11)10(9-21-14)7-13-16(20)18-15-3-1-2-6-19(13)15/h1-6,8-9,20H,7H2. The van der Waals surface area contributed by atoms with Crippen molar-refractivity contribution in [1.29, 1.82) is 0 Å². The Morgan fingerprint density at radius 3 is 3.05 bits per heavy atom. The number of rotatable bonds is 2. The second-order valence-corrected chi connectivity index (χ2v) is 6.24. The molecular formula is C16H11ClN2OS. The van der Waals surface area contributed by atoms with Crippen molar-refractivity contribution < 1.29 is 5.11 Å². The molecule has 3 nitrogen and oxygen atoms in total. The third-order valence-corrected chi connectivity index (χ3v) is 4.83. The molecule has 0 unspecified atom stereocenters. The minimum atomic E-state index is 0.0857. The zero-order valence-electron chi connectivity index (χ0n) is 11.0. The molecule has 0 fully saturated rings. The molecule has 0 saturated carbocycles. The highest BCUT2D eigenvalue weighted by atomic mass is 35.5. The molecule has 4 aromatic rings. The molecule has 0 spiro atoms. The quantitative estimate of drug-likeness (QED) is 0.591. The van der Waals surface area contributed by atoms with Crippen LogP contribution in [0.15, 0.2) is 48.0 Å². The van der Waals surface area contributed by atoms with Crippen molar-refractivity contribution in [3.8, 4) is 5.88 Å². The van der Waals surface area contributed by atoms with E-state index in [0.717, 1.165) is 27.3 Å². The summed E-state index contributed by atoms with van der Waals surface area (Å²) in [6.45, 7) is 0. The van der Waals surface area contributed by atoms with Gasteiger partial charge in [-0.3, -0.25) is 4.40 Å². The van der Waals surface area contributed by atoms with Gasteiger partial charge in [-0.25, -0.2) is 0 Å². The van der Waals surface area contributed by atoms with Crippen molar-refractivity contribution in [3.63, 3.8) is 0 Å². The predicted octanol–water partition coefficient (Wildman–Crippen LogP) is 4.50. The zero-order valence-corrected chi connectivity index (χ0v) is 12.5. The molecule has 3 heterocycles. The minimum absolute atomic E-state index is 0.0857. The van der Waals surface area contributed by atoms with Gasteiger partial charge in [0.2, 0.25) is 5.88 Å². The topological polar surface area (TPSA) is 37.5 Å². The lowest BCUT2D eigenvalue weighted by Gasteiger charge is -2.02. The van der Waals surface area contributed by atoms with E-state index >= 15 is 0 Å². The van der Waals surface area contributed by atoms with Crippen molar-refractivity contribution in [3.05, 3.63) is 64.3 Å². The largest absolute Gasteiger partial charge is 0.492 e. The fourth-order valence-corrected chi connectivity index (χ4v) is 3.68. The van der Waals surface area contributed by atoms with Gasteiger partial charge in [0.15, 0.2) is 0 Å². The molecule has 0 bridgehead atoms. The van der Waals surface area contributed by atoms with Crippen LogP contribution in [0.4, 0.5) is 0 Å². The van der Waals surface area contributed by atoms with Crippen LogP contribution in [-0.4, -0.2) is 14.5 Å². The Morgan fingerprint density at radius 2 is 2.14 bits per heavy atom. The lowest BCUT2D eigenvalue weighted by Crippen LogP contribution is -1.93. The Bertz CT molecular complexity index is 957. The summed E-state index contributed by atoms with van der Waals surface area (Å²) in [4.78, 5) is 4.19. The normalized spacial score (nSPS) is 11.5. The molecule has 0 aliphatic heterocycles. The molecule has 3 aromatic heterocycles. The number of pyridine rings is 1.